The normalized spacial score (nSPS) is 27.4. The number of imidazole rings is 1. The minimum absolute atomic E-state index is 0.227. The first-order valence-electron chi connectivity index (χ1n) is 12.8. The monoisotopic (exact) mass is 487 g/mol. The van der Waals surface area contributed by atoms with Crippen molar-refractivity contribution in [1.82, 2.24) is 19.9 Å². The van der Waals surface area contributed by atoms with Crippen LogP contribution in [-0.4, -0.2) is 56.1 Å². The fourth-order valence-corrected chi connectivity index (χ4v) is 7.76. The molecule has 5 heterocycles. The molecule has 8 rings (SSSR count). The minimum atomic E-state index is -1.05. The van der Waals surface area contributed by atoms with Crippen LogP contribution in [0.3, 0.4) is 0 Å². The molecular weight excluding hydrogens is 458 g/mol. The van der Waals surface area contributed by atoms with Crippen LogP contribution in [0.4, 0.5) is 17.5 Å². The third-order valence-electron chi connectivity index (χ3n) is 8.72. The largest absolute Gasteiger partial charge is 0.371 e. The fraction of sp³-hybridized carbons (Fsp3) is 0.500. The number of H-pyrrole nitrogens is 1. The standard InChI is InChI=1S/C26H29N7OS/c34-35-10-5-21-22(35)23(31-26(6-7-26)24-27-8-9-28-24)30-25(29-21)33-14-18-12-32(13-19(18)15-33)20-4-3-16-1-2-17(16)11-20/h3-4,8-9,11,18-19H,1-2,5-7,10,12-15H2,(H,27,28)(H,29,30,31)/t18?,19?,35-/m0/s1. The lowest BCUT2D eigenvalue weighted by Crippen LogP contribution is -2.31. The molecule has 0 radical (unpaired) electrons. The molecule has 3 fully saturated rings. The first-order valence-corrected chi connectivity index (χ1v) is 14.2. The Balaban J connectivity index is 1.05. The molecule has 2 saturated heterocycles. The summed E-state index contributed by atoms with van der Waals surface area (Å²) in [5.74, 6) is 4.36. The smallest absolute Gasteiger partial charge is 0.227 e. The van der Waals surface area contributed by atoms with Gasteiger partial charge in [-0.05, 0) is 48.9 Å². The van der Waals surface area contributed by atoms with Crippen LogP contribution in [0.25, 0.3) is 0 Å². The molecule has 35 heavy (non-hydrogen) atoms. The SMILES string of the molecule is O=[S@]1CCc2nc(N3CC4CN(c5ccc6c(c5)CC6)CC4C3)nc(NC3(c4ncc[nH]4)CC3)c21. The number of aromatic amines is 1. The Labute approximate surface area is 207 Å². The van der Waals surface area contributed by atoms with E-state index in [4.69, 9.17) is 9.97 Å². The summed E-state index contributed by atoms with van der Waals surface area (Å²) in [7, 11) is -1.05. The summed E-state index contributed by atoms with van der Waals surface area (Å²) in [6.45, 7) is 4.16. The summed E-state index contributed by atoms with van der Waals surface area (Å²) < 4.78 is 12.8. The fourth-order valence-electron chi connectivity index (χ4n) is 6.46. The van der Waals surface area contributed by atoms with Gasteiger partial charge in [0.2, 0.25) is 5.95 Å². The summed E-state index contributed by atoms with van der Waals surface area (Å²) >= 11 is 0. The van der Waals surface area contributed by atoms with Crippen molar-refractivity contribution in [2.24, 2.45) is 11.8 Å². The summed E-state index contributed by atoms with van der Waals surface area (Å²) in [6.07, 6.45) is 8.87. The van der Waals surface area contributed by atoms with Gasteiger partial charge < -0.3 is 20.1 Å². The lowest BCUT2D eigenvalue weighted by Gasteiger charge is -2.27. The molecule has 8 nitrogen and oxygen atoms in total. The second-order valence-electron chi connectivity index (χ2n) is 10.9. The van der Waals surface area contributed by atoms with Crippen molar-refractivity contribution in [3.8, 4) is 0 Å². The van der Waals surface area contributed by atoms with Crippen molar-refractivity contribution < 1.29 is 4.21 Å². The van der Waals surface area contributed by atoms with Gasteiger partial charge >= 0.3 is 0 Å². The van der Waals surface area contributed by atoms with Crippen molar-refractivity contribution in [2.75, 3.05) is 47.0 Å². The lowest BCUT2D eigenvalue weighted by molar-refractivity contribution is 0.533. The number of fused-ring (bicyclic) bond motifs is 3. The third-order valence-corrected chi connectivity index (χ3v) is 10.2. The lowest BCUT2D eigenvalue weighted by atomic mass is 9.88. The number of hydrogen-bond donors (Lipinski definition) is 2. The molecular formula is C26H29N7OS. The van der Waals surface area contributed by atoms with Crippen molar-refractivity contribution in [2.45, 2.75) is 42.5 Å². The first-order chi connectivity index (χ1) is 17.1. The highest BCUT2D eigenvalue weighted by Crippen LogP contribution is 2.48. The summed E-state index contributed by atoms with van der Waals surface area (Å²) in [5, 5.41) is 3.65. The van der Waals surface area contributed by atoms with E-state index in [0.717, 1.165) is 73.6 Å². The zero-order chi connectivity index (χ0) is 23.1. The quantitative estimate of drug-likeness (QED) is 0.572. The number of benzene rings is 1. The van der Waals surface area contributed by atoms with Crippen molar-refractivity contribution in [1.29, 1.82) is 0 Å². The van der Waals surface area contributed by atoms with Gasteiger partial charge in [0.1, 0.15) is 16.5 Å². The minimum Gasteiger partial charge on any atom is -0.371 e. The molecule has 9 heteroatoms. The Hall–Kier alpha value is -2.94. The summed E-state index contributed by atoms with van der Waals surface area (Å²) in [5.41, 5.74) is 5.17. The molecule has 1 saturated carbocycles. The van der Waals surface area contributed by atoms with Crippen molar-refractivity contribution >= 4 is 28.3 Å². The average molecular weight is 488 g/mol. The molecule has 5 aliphatic rings. The zero-order valence-corrected chi connectivity index (χ0v) is 20.5. The Morgan fingerprint density at radius 2 is 1.80 bits per heavy atom. The van der Waals surface area contributed by atoms with Crippen LogP contribution in [-0.2, 0) is 35.6 Å². The summed E-state index contributed by atoms with van der Waals surface area (Å²) in [4.78, 5) is 23.4. The number of nitrogens with zero attached hydrogens (tertiary/aromatic N) is 5. The predicted molar refractivity (Wildman–Crippen MR) is 135 cm³/mol. The molecule has 2 N–H and O–H groups in total. The van der Waals surface area contributed by atoms with E-state index in [9.17, 15) is 4.21 Å². The molecule has 0 bridgehead atoms. The number of hydrogen-bond acceptors (Lipinski definition) is 7. The maximum absolute atomic E-state index is 12.8. The van der Waals surface area contributed by atoms with Crippen LogP contribution in [0.15, 0.2) is 35.5 Å². The van der Waals surface area contributed by atoms with Crippen LogP contribution >= 0.6 is 0 Å². The van der Waals surface area contributed by atoms with E-state index in [1.54, 1.807) is 6.20 Å². The van der Waals surface area contributed by atoms with Crippen molar-refractivity contribution in [3.05, 3.63) is 53.2 Å². The maximum atomic E-state index is 12.8. The van der Waals surface area contributed by atoms with Crippen LogP contribution in [0, 0.1) is 11.8 Å². The first kappa shape index (κ1) is 20.3. The van der Waals surface area contributed by atoms with Gasteiger partial charge in [0.15, 0.2) is 0 Å². The van der Waals surface area contributed by atoms with Crippen LogP contribution in [0.2, 0.25) is 0 Å². The second kappa shape index (κ2) is 7.29. The highest BCUT2D eigenvalue weighted by Gasteiger charge is 2.48. The molecule has 2 unspecified atom stereocenters. The molecule has 0 amide bonds. The average Bonchev–Trinajstić information content (AvgIpc) is 3.29. The Kier molecular flexibility index (Phi) is 4.22. The van der Waals surface area contributed by atoms with E-state index < -0.39 is 10.8 Å². The number of nitrogens with one attached hydrogen (secondary N) is 2. The van der Waals surface area contributed by atoms with E-state index in [-0.39, 0.29) is 5.54 Å². The molecule has 0 spiro atoms. The highest BCUT2D eigenvalue weighted by atomic mass is 32.2. The Morgan fingerprint density at radius 3 is 2.49 bits per heavy atom. The number of aromatic nitrogens is 4. The van der Waals surface area contributed by atoms with Crippen LogP contribution in [0.5, 0.6) is 0 Å². The molecule has 1 aromatic carbocycles. The Bertz CT molecular complexity index is 1340. The predicted octanol–water partition coefficient (Wildman–Crippen LogP) is 2.64. The van der Waals surface area contributed by atoms with E-state index >= 15 is 0 Å². The van der Waals surface area contributed by atoms with Gasteiger partial charge in [-0.1, -0.05) is 6.07 Å². The molecule has 180 valence electrons. The molecule has 2 aromatic heterocycles. The van der Waals surface area contributed by atoms with Gasteiger partial charge in [0.05, 0.1) is 22.0 Å². The number of rotatable bonds is 5. The van der Waals surface area contributed by atoms with Gasteiger partial charge in [-0.15, -0.1) is 0 Å². The van der Waals surface area contributed by atoms with Gasteiger partial charge in [-0.2, -0.15) is 4.98 Å². The topological polar surface area (TPSA) is 90.0 Å². The summed E-state index contributed by atoms with van der Waals surface area (Å²) in [6, 6.07) is 7.04. The molecule has 3 aliphatic heterocycles. The van der Waals surface area contributed by atoms with Gasteiger partial charge in [0.25, 0.3) is 0 Å². The second-order valence-corrected chi connectivity index (χ2v) is 12.4. The third kappa shape index (κ3) is 3.16. The Morgan fingerprint density at radius 1 is 1.00 bits per heavy atom. The van der Waals surface area contributed by atoms with Gasteiger partial charge in [-0.25, -0.2) is 9.97 Å². The maximum Gasteiger partial charge on any atom is 0.227 e. The van der Waals surface area contributed by atoms with Crippen LogP contribution in [0.1, 0.15) is 35.5 Å². The molecule has 3 atom stereocenters. The molecule has 3 aromatic rings. The van der Waals surface area contributed by atoms with Crippen LogP contribution < -0.4 is 15.1 Å². The van der Waals surface area contributed by atoms with E-state index in [2.05, 4.69) is 43.3 Å². The molecule has 2 aliphatic carbocycles. The number of aryl methyl sites for hydroxylation is 3. The van der Waals surface area contributed by atoms with Crippen molar-refractivity contribution in [3.63, 3.8) is 0 Å². The van der Waals surface area contributed by atoms with E-state index in [0.29, 0.717) is 17.6 Å². The van der Waals surface area contributed by atoms with Gasteiger partial charge in [-0.3, -0.25) is 4.21 Å². The van der Waals surface area contributed by atoms with Gasteiger partial charge in [0, 0.05) is 68.3 Å². The number of anilines is 3. The van der Waals surface area contributed by atoms with E-state index in [1.165, 1.54) is 29.7 Å². The van der Waals surface area contributed by atoms with E-state index in [1.807, 2.05) is 6.20 Å². The highest BCUT2D eigenvalue weighted by molar-refractivity contribution is 7.85. The zero-order valence-electron chi connectivity index (χ0n) is 19.7.